The summed E-state index contributed by atoms with van der Waals surface area (Å²) in [4.78, 5) is 0. The Balaban J connectivity index is 3.99. The lowest BCUT2D eigenvalue weighted by atomic mass is 10.5. The predicted octanol–water partition coefficient (Wildman–Crippen LogP) is -0.860. The fourth-order valence-electron chi connectivity index (χ4n) is 0.288. The molecule has 0 radical (unpaired) electrons. The highest BCUT2D eigenvalue weighted by atomic mass is 35.5. The van der Waals surface area contributed by atoms with E-state index in [2.05, 4.69) is 0 Å². The van der Waals surface area contributed by atoms with Gasteiger partial charge in [-0.15, -0.1) is 0 Å². The number of alkyl halides is 1. The van der Waals surface area contributed by atoms with Gasteiger partial charge in [0, 0.05) is 6.42 Å². The van der Waals surface area contributed by atoms with Crippen molar-refractivity contribution in [3.8, 4) is 0 Å². The molecule has 0 aliphatic rings. The van der Waals surface area contributed by atoms with Crippen LogP contribution >= 0.6 is 11.6 Å². The Bertz CT molecular complexity index is 185. The Kier molecular flexibility index (Phi) is 3.54. The standard InChI is InChI=1S/C3H7ClO5S/c4-2(5)1-3(6)10(7,8)9/h2-3,5-6H,1H2,(H,7,8,9). The Morgan fingerprint density at radius 1 is 1.40 bits per heavy atom. The van der Waals surface area contributed by atoms with Crippen LogP contribution < -0.4 is 0 Å². The summed E-state index contributed by atoms with van der Waals surface area (Å²) in [6.45, 7) is 0. The number of aliphatic hydroxyl groups is 2. The molecule has 0 spiro atoms. The van der Waals surface area contributed by atoms with Crippen molar-refractivity contribution in [2.75, 3.05) is 0 Å². The van der Waals surface area contributed by atoms with Gasteiger partial charge < -0.3 is 10.2 Å². The molecule has 5 nitrogen and oxygen atoms in total. The van der Waals surface area contributed by atoms with Crippen molar-refractivity contribution < 1.29 is 23.2 Å². The van der Waals surface area contributed by atoms with E-state index in [-0.39, 0.29) is 0 Å². The maximum atomic E-state index is 10.0. The van der Waals surface area contributed by atoms with Gasteiger partial charge in [-0.1, -0.05) is 11.6 Å². The zero-order valence-electron chi connectivity index (χ0n) is 4.81. The lowest BCUT2D eigenvalue weighted by Gasteiger charge is -2.06. The quantitative estimate of drug-likeness (QED) is 0.398. The first-order chi connectivity index (χ1) is 4.34. The van der Waals surface area contributed by atoms with Crippen LogP contribution in [0.2, 0.25) is 0 Å². The zero-order chi connectivity index (χ0) is 8.36. The molecule has 3 N–H and O–H groups in total. The summed E-state index contributed by atoms with van der Waals surface area (Å²) in [7, 11) is -4.49. The van der Waals surface area contributed by atoms with Gasteiger partial charge in [-0.3, -0.25) is 4.55 Å². The van der Waals surface area contributed by atoms with Crippen LogP contribution in [0.3, 0.4) is 0 Å². The second-order valence-corrected chi connectivity index (χ2v) is 3.72. The van der Waals surface area contributed by atoms with Crippen LogP contribution in [0, 0.1) is 0 Å². The molecule has 0 aromatic rings. The maximum Gasteiger partial charge on any atom is 0.292 e. The second-order valence-electron chi connectivity index (χ2n) is 1.64. The fraction of sp³-hybridized carbons (Fsp3) is 1.00. The lowest BCUT2D eigenvalue weighted by molar-refractivity contribution is 0.160. The Hall–Kier alpha value is 0.120. The Morgan fingerprint density at radius 2 is 1.80 bits per heavy atom. The molecule has 10 heavy (non-hydrogen) atoms. The number of hydrogen-bond donors (Lipinski definition) is 3. The molecule has 7 heteroatoms. The predicted molar refractivity (Wildman–Crippen MR) is 34.0 cm³/mol. The number of hydrogen-bond acceptors (Lipinski definition) is 4. The summed E-state index contributed by atoms with van der Waals surface area (Å²) in [5.74, 6) is 0. The summed E-state index contributed by atoms with van der Waals surface area (Å²) in [6, 6.07) is 0. The molecule has 0 aromatic heterocycles. The molecule has 0 rings (SSSR count). The van der Waals surface area contributed by atoms with Crippen molar-refractivity contribution in [3.63, 3.8) is 0 Å². The van der Waals surface area contributed by atoms with Crippen molar-refractivity contribution in [3.05, 3.63) is 0 Å². The first-order valence-corrected chi connectivity index (χ1v) is 4.24. The third-order valence-corrected chi connectivity index (χ3v) is 1.80. The zero-order valence-corrected chi connectivity index (χ0v) is 6.38. The molecule has 0 saturated carbocycles. The van der Waals surface area contributed by atoms with Gasteiger partial charge in [-0.2, -0.15) is 8.42 Å². The average Bonchev–Trinajstić information content (AvgIpc) is 1.60. The minimum atomic E-state index is -4.49. The SMILES string of the molecule is O=S(=O)(O)C(O)CC(O)Cl. The molecule has 0 aliphatic heterocycles. The molecule has 0 bridgehead atoms. The highest BCUT2D eigenvalue weighted by molar-refractivity contribution is 7.86. The number of rotatable bonds is 3. The van der Waals surface area contributed by atoms with Gasteiger partial charge in [0.05, 0.1) is 0 Å². The van der Waals surface area contributed by atoms with Crippen molar-refractivity contribution in [1.29, 1.82) is 0 Å². The van der Waals surface area contributed by atoms with Gasteiger partial charge in [0.1, 0.15) is 5.56 Å². The van der Waals surface area contributed by atoms with E-state index in [0.29, 0.717) is 0 Å². The van der Waals surface area contributed by atoms with Gasteiger partial charge in [-0.25, -0.2) is 0 Å². The minimum absolute atomic E-state index is 0.611. The van der Waals surface area contributed by atoms with Gasteiger partial charge in [0.2, 0.25) is 0 Å². The third-order valence-electron chi connectivity index (χ3n) is 0.740. The molecular weight excluding hydrogens is 184 g/mol. The largest absolute Gasteiger partial charge is 0.378 e. The summed E-state index contributed by atoms with van der Waals surface area (Å²) in [6.07, 6.45) is -0.611. The van der Waals surface area contributed by atoms with Crippen LogP contribution in [-0.4, -0.2) is 34.2 Å². The average molecular weight is 191 g/mol. The van der Waals surface area contributed by atoms with E-state index < -0.39 is 27.5 Å². The molecule has 0 amide bonds. The molecule has 0 saturated heterocycles. The van der Waals surface area contributed by atoms with Gasteiger partial charge in [0.25, 0.3) is 10.1 Å². The van der Waals surface area contributed by atoms with Gasteiger partial charge >= 0.3 is 0 Å². The Labute approximate surface area is 63.0 Å². The van der Waals surface area contributed by atoms with Crippen molar-refractivity contribution in [2.24, 2.45) is 0 Å². The molecule has 0 fully saturated rings. The van der Waals surface area contributed by atoms with Crippen LogP contribution in [0.15, 0.2) is 0 Å². The normalized spacial score (nSPS) is 18.4. The summed E-state index contributed by atoms with van der Waals surface area (Å²) < 4.78 is 28.1. The van der Waals surface area contributed by atoms with E-state index in [1.54, 1.807) is 0 Å². The lowest BCUT2D eigenvalue weighted by Crippen LogP contribution is -2.23. The van der Waals surface area contributed by atoms with Crippen molar-refractivity contribution in [1.82, 2.24) is 0 Å². The second kappa shape index (κ2) is 3.49. The molecule has 62 valence electrons. The van der Waals surface area contributed by atoms with E-state index in [1.807, 2.05) is 0 Å². The Morgan fingerprint density at radius 3 is 1.90 bits per heavy atom. The molecule has 0 aliphatic carbocycles. The van der Waals surface area contributed by atoms with Crippen LogP contribution in [0.1, 0.15) is 6.42 Å². The van der Waals surface area contributed by atoms with Gasteiger partial charge in [0.15, 0.2) is 5.44 Å². The van der Waals surface area contributed by atoms with Crippen molar-refractivity contribution >= 4 is 21.7 Å². The van der Waals surface area contributed by atoms with Crippen molar-refractivity contribution in [2.45, 2.75) is 17.4 Å². The van der Waals surface area contributed by atoms with Crippen LogP contribution in [0.25, 0.3) is 0 Å². The molecule has 0 aromatic carbocycles. The summed E-state index contributed by atoms with van der Waals surface area (Å²) in [5.41, 5.74) is -3.49. The summed E-state index contributed by atoms with van der Waals surface area (Å²) >= 11 is 4.90. The van der Waals surface area contributed by atoms with Crippen LogP contribution in [0.4, 0.5) is 0 Å². The van der Waals surface area contributed by atoms with E-state index in [9.17, 15) is 8.42 Å². The van der Waals surface area contributed by atoms with Crippen LogP contribution in [0.5, 0.6) is 0 Å². The third kappa shape index (κ3) is 4.02. The molecule has 2 unspecified atom stereocenters. The minimum Gasteiger partial charge on any atom is -0.378 e. The topological polar surface area (TPSA) is 94.8 Å². The maximum absolute atomic E-state index is 10.0. The number of aliphatic hydroxyl groups excluding tert-OH is 2. The summed E-state index contributed by atoms with van der Waals surface area (Å²) in [5, 5.41) is 16.8. The highest BCUT2D eigenvalue weighted by Crippen LogP contribution is 2.06. The monoisotopic (exact) mass is 190 g/mol. The molecule has 2 atom stereocenters. The van der Waals surface area contributed by atoms with E-state index in [4.69, 9.17) is 26.4 Å². The smallest absolute Gasteiger partial charge is 0.292 e. The number of halogens is 1. The first kappa shape index (κ1) is 10.1. The van der Waals surface area contributed by atoms with Gasteiger partial charge in [-0.05, 0) is 0 Å². The van der Waals surface area contributed by atoms with E-state index >= 15 is 0 Å². The first-order valence-electron chi connectivity index (χ1n) is 2.30. The van der Waals surface area contributed by atoms with Crippen LogP contribution in [-0.2, 0) is 10.1 Å². The highest BCUT2D eigenvalue weighted by Gasteiger charge is 2.21. The van der Waals surface area contributed by atoms with E-state index in [1.165, 1.54) is 0 Å². The fourth-order valence-corrected chi connectivity index (χ4v) is 0.988. The molecular formula is C3H7ClO5S. The molecule has 0 heterocycles. The van der Waals surface area contributed by atoms with E-state index in [0.717, 1.165) is 0 Å².